The Hall–Kier alpha value is -2.71. The predicted molar refractivity (Wildman–Crippen MR) is 115 cm³/mol. The summed E-state index contributed by atoms with van der Waals surface area (Å²) in [5.41, 5.74) is 1.14. The fourth-order valence-electron chi connectivity index (χ4n) is 4.19. The molecule has 0 radical (unpaired) electrons. The van der Waals surface area contributed by atoms with Gasteiger partial charge in [0, 0.05) is 18.6 Å². The summed E-state index contributed by atoms with van der Waals surface area (Å²) in [6.07, 6.45) is -4.34. The molecular formula is C24H26O7. The van der Waals surface area contributed by atoms with Crippen molar-refractivity contribution in [2.24, 2.45) is 0 Å². The molecule has 2 heterocycles. The molecule has 0 spiro atoms. The maximum atomic E-state index is 12.7. The van der Waals surface area contributed by atoms with Crippen LogP contribution >= 0.6 is 0 Å². The first kappa shape index (κ1) is 21.5. The molecular weight excluding hydrogens is 400 g/mol. The van der Waals surface area contributed by atoms with E-state index in [4.69, 9.17) is 18.6 Å². The van der Waals surface area contributed by atoms with Gasteiger partial charge in [-0.1, -0.05) is 30.3 Å². The van der Waals surface area contributed by atoms with Gasteiger partial charge in [0.15, 0.2) is 0 Å². The number of aliphatic hydroxyl groups excluding tert-OH is 2. The fraction of sp³-hybridized carbons (Fsp3) is 0.375. The molecule has 1 aliphatic heterocycles. The Labute approximate surface area is 179 Å². The van der Waals surface area contributed by atoms with E-state index in [9.17, 15) is 15.0 Å². The third-order valence-electron chi connectivity index (χ3n) is 5.75. The van der Waals surface area contributed by atoms with Crippen molar-refractivity contribution in [3.8, 4) is 16.9 Å². The van der Waals surface area contributed by atoms with Crippen molar-refractivity contribution >= 4 is 11.0 Å². The first-order valence-corrected chi connectivity index (χ1v) is 10.1. The molecule has 7 heteroatoms. The molecule has 0 amide bonds. The van der Waals surface area contributed by atoms with Crippen LogP contribution in [0.5, 0.6) is 5.75 Å². The van der Waals surface area contributed by atoms with Crippen molar-refractivity contribution in [1.82, 2.24) is 0 Å². The van der Waals surface area contributed by atoms with E-state index in [2.05, 4.69) is 0 Å². The van der Waals surface area contributed by atoms with E-state index in [1.165, 1.54) is 7.11 Å². The molecule has 1 aromatic heterocycles. The number of ether oxygens (including phenoxy) is 3. The van der Waals surface area contributed by atoms with Gasteiger partial charge >= 0.3 is 5.63 Å². The Kier molecular flexibility index (Phi) is 5.61. The Balaban J connectivity index is 1.67. The number of aliphatic hydroxyl groups is 2. The van der Waals surface area contributed by atoms with Crippen molar-refractivity contribution in [3.05, 3.63) is 64.5 Å². The first-order chi connectivity index (χ1) is 14.7. The molecule has 4 rings (SSSR count). The normalized spacial score (nSPS) is 25.5. The second-order valence-corrected chi connectivity index (χ2v) is 8.26. The third kappa shape index (κ3) is 3.85. The standard InChI is InChI=1S/C24H26O7/c1-13-16-11-10-15(29-23-20(26)19(25)21(28-4)24(2,3)31-23)12-17(16)30-22(27)18(13)14-8-6-5-7-9-14/h5-12,19-21,23,25-26H,1-4H3/t19-,20+,21?,23?/m1/s1. The van der Waals surface area contributed by atoms with Gasteiger partial charge in [-0.15, -0.1) is 0 Å². The number of fused-ring (bicyclic) bond motifs is 1. The van der Waals surface area contributed by atoms with Gasteiger partial charge in [-0.05, 0) is 44.0 Å². The van der Waals surface area contributed by atoms with Crippen LogP contribution in [0.1, 0.15) is 19.4 Å². The molecule has 31 heavy (non-hydrogen) atoms. The van der Waals surface area contributed by atoms with Gasteiger partial charge in [-0.25, -0.2) is 4.79 Å². The zero-order valence-corrected chi connectivity index (χ0v) is 17.9. The molecule has 2 unspecified atom stereocenters. The van der Waals surface area contributed by atoms with Crippen LogP contribution in [0, 0.1) is 6.92 Å². The molecule has 0 aliphatic carbocycles. The predicted octanol–water partition coefficient (Wildman–Crippen LogP) is 3.02. The van der Waals surface area contributed by atoms with Crippen LogP contribution in [-0.4, -0.2) is 47.5 Å². The van der Waals surface area contributed by atoms with Crippen LogP contribution in [0.4, 0.5) is 0 Å². The lowest BCUT2D eigenvalue weighted by atomic mass is 9.89. The van der Waals surface area contributed by atoms with E-state index in [-0.39, 0.29) is 0 Å². The molecule has 3 aromatic rings. The summed E-state index contributed by atoms with van der Waals surface area (Å²) in [6, 6.07) is 14.4. The van der Waals surface area contributed by atoms with Crippen LogP contribution in [0.2, 0.25) is 0 Å². The first-order valence-electron chi connectivity index (χ1n) is 10.1. The van der Waals surface area contributed by atoms with Crippen LogP contribution in [0.3, 0.4) is 0 Å². The Morgan fingerprint density at radius 1 is 1.03 bits per heavy atom. The van der Waals surface area contributed by atoms with Gasteiger partial charge < -0.3 is 28.8 Å². The molecule has 164 valence electrons. The van der Waals surface area contributed by atoms with Crippen molar-refractivity contribution in [2.75, 3.05) is 7.11 Å². The highest BCUT2D eigenvalue weighted by Gasteiger charge is 2.50. The van der Waals surface area contributed by atoms with Crippen molar-refractivity contribution in [1.29, 1.82) is 0 Å². The summed E-state index contributed by atoms with van der Waals surface area (Å²) >= 11 is 0. The molecule has 1 fully saturated rings. The molecule has 0 saturated carbocycles. The zero-order valence-electron chi connectivity index (χ0n) is 17.9. The van der Waals surface area contributed by atoms with Gasteiger partial charge in [0.05, 0.1) is 11.2 Å². The average molecular weight is 426 g/mol. The topological polar surface area (TPSA) is 98.4 Å². The monoisotopic (exact) mass is 426 g/mol. The summed E-state index contributed by atoms with van der Waals surface area (Å²) in [5.74, 6) is 0.338. The average Bonchev–Trinajstić information content (AvgIpc) is 2.72. The zero-order chi connectivity index (χ0) is 22.3. The molecule has 7 nitrogen and oxygen atoms in total. The summed E-state index contributed by atoms with van der Waals surface area (Å²) in [5, 5.41) is 21.6. The van der Waals surface area contributed by atoms with Gasteiger partial charge in [-0.2, -0.15) is 0 Å². The maximum Gasteiger partial charge on any atom is 0.344 e. The highest BCUT2D eigenvalue weighted by atomic mass is 16.7. The van der Waals surface area contributed by atoms with Gasteiger partial charge in [0.1, 0.15) is 29.6 Å². The smallest absolute Gasteiger partial charge is 0.344 e. The minimum absolute atomic E-state index is 0.338. The van der Waals surface area contributed by atoms with Gasteiger partial charge in [0.2, 0.25) is 6.29 Å². The summed E-state index contributed by atoms with van der Waals surface area (Å²) in [4.78, 5) is 12.7. The summed E-state index contributed by atoms with van der Waals surface area (Å²) < 4.78 is 22.5. The van der Waals surface area contributed by atoms with Gasteiger partial charge in [-0.3, -0.25) is 0 Å². The van der Waals surface area contributed by atoms with Crippen LogP contribution in [0.15, 0.2) is 57.7 Å². The van der Waals surface area contributed by atoms with Crippen LogP contribution in [-0.2, 0) is 9.47 Å². The molecule has 0 bridgehead atoms. The Bertz CT molecular complexity index is 1140. The minimum atomic E-state index is -1.32. The largest absolute Gasteiger partial charge is 0.462 e. The molecule has 2 aromatic carbocycles. The Morgan fingerprint density at radius 2 is 1.74 bits per heavy atom. The molecule has 2 N–H and O–H groups in total. The van der Waals surface area contributed by atoms with E-state index >= 15 is 0 Å². The quantitative estimate of drug-likeness (QED) is 0.619. The minimum Gasteiger partial charge on any atom is -0.462 e. The number of methoxy groups -OCH3 is 1. The highest BCUT2D eigenvalue weighted by Crippen LogP contribution is 2.34. The molecule has 4 atom stereocenters. The second kappa shape index (κ2) is 8.09. The number of aryl methyl sites for hydroxylation is 1. The number of benzene rings is 2. The van der Waals surface area contributed by atoms with Crippen molar-refractivity contribution in [2.45, 2.75) is 51.0 Å². The molecule has 1 saturated heterocycles. The molecule has 1 aliphatic rings. The van der Waals surface area contributed by atoms with E-state index in [1.54, 1.807) is 32.0 Å². The number of hydrogen-bond donors (Lipinski definition) is 2. The SMILES string of the molecule is COC1[C@H](O)[C@H](O)C(Oc2ccc3c(C)c(-c4ccccc4)c(=O)oc3c2)OC1(C)C. The van der Waals surface area contributed by atoms with Gasteiger partial charge in [0.25, 0.3) is 0 Å². The Morgan fingerprint density at radius 3 is 2.42 bits per heavy atom. The van der Waals surface area contributed by atoms with E-state index < -0.39 is 35.8 Å². The summed E-state index contributed by atoms with van der Waals surface area (Å²) in [7, 11) is 1.45. The van der Waals surface area contributed by atoms with Crippen molar-refractivity contribution in [3.63, 3.8) is 0 Å². The maximum absolute atomic E-state index is 12.7. The van der Waals surface area contributed by atoms with Crippen LogP contribution in [0.25, 0.3) is 22.1 Å². The lowest BCUT2D eigenvalue weighted by molar-refractivity contribution is -0.305. The summed E-state index contributed by atoms with van der Waals surface area (Å²) in [6.45, 7) is 5.38. The van der Waals surface area contributed by atoms with E-state index in [0.717, 1.165) is 16.5 Å². The van der Waals surface area contributed by atoms with Crippen molar-refractivity contribution < 1.29 is 28.8 Å². The highest BCUT2D eigenvalue weighted by molar-refractivity contribution is 5.87. The second-order valence-electron chi connectivity index (χ2n) is 8.26. The van der Waals surface area contributed by atoms with Crippen LogP contribution < -0.4 is 10.4 Å². The lowest BCUT2D eigenvalue weighted by Gasteiger charge is -2.46. The van der Waals surface area contributed by atoms with E-state index in [1.807, 2.05) is 37.3 Å². The lowest BCUT2D eigenvalue weighted by Crippen LogP contribution is -2.63. The third-order valence-corrected chi connectivity index (χ3v) is 5.75. The fourth-order valence-corrected chi connectivity index (χ4v) is 4.19. The number of rotatable bonds is 4. The number of hydrogen-bond acceptors (Lipinski definition) is 7. The van der Waals surface area contributed by atoms with E-state index in [0.29, 0.717) is 16.9 Å².